The summed E-state index contributed by atoms with van der Waals surface area (Å²) in [5.41, 5.74) is 2.52. The quantitative estimate of drug-likeness (QED) is 0.744. The SMILES string of the molecule is CCC(=Cc1ccccc1C)C(=O)O. The van der Waals surface area contributed by atoms with Crippen LogP contribution >= 0.6 is 0 Å². The Balaban J connectivity index is 3.07. The van der Waals surface area contributed by atoms with Gasteiger partial charge in [0.1, 0.15) is 0 Å². The maximum Gasteiger partial charge on any atom is 0.331 e. The van der Waals surface area contributed by atoms with Gasteiger partial charge >= 0.3 is 5.97 Å². The molecule has 1 aromatic rings. The molecular formula is C12H14O2. The molecule has 2 nitrogen and oxygen atoms in total. The lowest BCUT2D eigenvalue weighted by Crippen LogP contribution is -1.98. The van der Waals surface area contributed by atoms with Crippen LogP contribution in [0.5, 0.6) is 0 Å². The van der Waals surface area contributed by atoms with E-state index in [0.717, 1.165) is 11.1 Å². The molecule has 0 heterocycles. The average Bonchev–Trinajstić information content (AvgIpc) is 2.16. The number of carbonyl (C=O) groups is 1. The van der Waals surface area contributed by atoms with Gasteiger partial charge in [0.2, 0.25) is 0 Å². The predicted molar refractivity (Wildman–Crippen MR) is 57.1 cm³/mol. The molecule has 0 atom stereocenters. The summed E-state index contributed by atoms with van der Waals surface area (Å²) >= 11 is 0. The molecule has 0 amide bonds. The Bertz CT molecular complexity index is 364. The Morgan fingerprint density at radius 3 is 2.57 bits per heavy atom. The molecule has 14 heavy (non-hydrogen) atoms. The molecule has 0 aromatic heterocycles. The van der Waals surface area contributed by atoms with Crippen molar-refractivity contribution < 1.29 is 9.90 Å². The molecule has 0 fully saturated rings. The van der Waals surface area contributed by atoms with Crippen LogP contribution in [0.2, 0.25) is 0 Å². The molecule has 2 heteroatoms. The largest absolute Gasteiger partial charge is 0.478 e. The van der Waals surface area contributed by atoms with Crippen LogP contribution in [0.25, 0.3) is 6.08 Å². The maximum absolute atomic E-state index is 10.8. The summed E-state index contributed by atoms with van der Waals surface area (Å²) in [6, 6.07) is 7.75. The van der Waals surface area contributed by atoms with Crippen molar-refractivity contribution in [1.29, 1.82) is 0 Å². The van der Waals surface area contributed by atoms with Crippen molar-refractivity contribution in [2.45, 2.75) is 20.3 Å². The maximum atomic E-state index is 10.8. The Kier molecular flexibility index (Phi) is 3.46. The van der Waals surface area contributed by atoms with Gasteiger partial charge in [-0.2, -0.15) is 0 Å². The second-order valence-electron chi connectivity index (χ2n) is 3.18. The van der Waals surface area contributed by atoms with Crippen LogP contribution in [0.3, 0.4) is 0 Å². The van der Waals surface area contributed by atoms with Gasteiger partial charge in [-0.1, -0.05) is 31.2 Å². The minimum Gasteiger partial charge on any atom is -0.478 e. The van der Waals surface area contributed by atoms with Gasteiger partial charge in [-0.3, -0.25) is 0 Å². The van der Waals surface area contributed by atoms with E-state index in [2.05, 4.69) is 0 Å². The van der Waals surface area contributed by atoms with Gasteiger partial charge in [-0.25, -0.2) is 4.79 Å². The highest BCUT2D eigenvalue weighted by Gasteiger charge is 2.04. The fraction of sp³-hybridized carbons (Fsp3) is 0.250. The molecule has 0 bridgehead atoms. The highest BCUT2D eigenvalue weighted by atomic mass is 16.4. The molecular weight excluding hydrogens is 176 g/mol. The van der Waals surface area contributed by atoms with E-state index in [1.807, 2.05) is 38.1 Å². The molecule has 1 N–H and O–H groups in total. The number of hydrogen-bond donors (Lipinski definition) is 1. The fourth-order valence-corrected chi connectivity index (χ4v) is 1.25. The number of aryl methyl sites for hydroxylation is 1. The number of aliphatic carboxylic acids is 1. The van der Waals surface area contributed by atoms with Crippen LogP contribution in [0.1, 0.15) is 24.5 Å². The second-order valence-corrected chi connectivity index (χ2v) is 3.18. The van der Waals surface area contributed by atoms with Crippen molar-refractivity contribution in [3.8, 4) is 0 Å². The Morgan fingerprint density at radius 2 is 2.07 bits per heavy atom. The van der Waals surface area contributed by atoms with E-state index in [9.17, 15) is 4.79 Å². The zero-order chi connectivity index (χ0) is 10.6. The summed E-state index contributed by atoms with van der Waals surface area (Å²) in [5.74, 6) is -0.837. The minimum absolute atomic E-state index is 0.444. The lowest BCUT2D eigenvalue weighted by Gasteiger charge is -2.01. The van der Waals surface area contributed by atoms with Gasteiger partial charge in [0, 0.05) is 5.57 Å². The zero-order valence-electron chi connectivity index (χ0n) is 8.45. The van der Waals surface area contributed by atoms with E-state index in [-0.39, 0.29) is 0 Å². The molecule has 0 saturated carbocycles. The summed E-state index contributed by atoms with van der Waals surface area (Å²) in [5, 5.41) is 8.86. The highest BCUT2D eigenvalue weighted by Crippen LogP contribution is 2.13. The summed E-state index contributed by atoms with van der Waals surface area (Å²) in [6.45, 7) is 3.82. The normalized spacial score (nSPS) is 11.4. The van der Waals surface area contributed by atoms with Crippen molar-refractivity contribution >= 4 is 12.0 Å². The molecule has 0 spiro atoms. The van der Waals surface area contributed by atoms with Crippen LogP contribution in [0, 0.1) is 6.92 Å². The van der Waals surface area contributed by atoms with Crippen molar-refractivity contribution in [2.75, 3.05) is 0 Å². The first-order valence-corrected chi connectivity index (χ1v) is 4.64. The Hall–Kier alpha value is -1.57. The van der Waals surface area contributed by atoms with Crippen LogP contribution in [0.15, 0.2) is 29.8 Å². The number of benzene rings is 1. The number of hydrogen-bond acceptors (Lipinski definition) is 1. The van der Waals surface area contributed by atoms with Crippen molar-refractivity contribution in [3.05, 3.63) is 41.0 Å². The highest BCUT2D eigenvalue weighted by molar-refractivity contribution is 5.92. The lowest BCUT2D eigenvalue weighted by molar-refractivity contribution is -0.132. The van der Waals surface area contributed by atoms with E-state index < -0.39 is 5.97 Å². The van der Waals surface area contributed by atoms with Crippen molar-refractivity contribution in [3.63, 3.8) is 0 Å². The van der Waals surface area contributed by atoms with Crippen LogP contribution in [-0.4, -0.2) is 11.1 Å². The third-order valence-electron chi connectivity index (χ3n) is 2.17. The van der Waals surface area contributed by atoms with E-state index in [0.29, 0.717) is 12.0 Å². The summed E-state index contributed by atoms with van der Waals surface area (Å²) < 4.78 is 0. The monoisotopic (exact) mass is 190 g/mol. The first-order valence-electron chi connectivity index (χ1n) is 4.64. The number of rotatable bonds is 3. The van der Waals surface area contributed by atoms with Gasteiger partial charge < -0.3 is 5.11 Å². The van der Waals surface area contributed by atoms with E-state index in [1.54, 1.807) is 6.08 Å². The zero-order valence-corrected chi connectivity index (χ0v) is 8.45. The smallest absolute Gasteiger partial charge is 0.331 e. The average molecular weight is 190 g/mol. The number of carboxylic acids is 1. The lowest BCUT2D eigenvalue weighted by atomic mass is 10.0. The van der Waals surface area contributed by atoms with Gasteiger partial charge in [-0.15, -0.1) is 0 Å². The van der Waals surface area contributed by atoms with Crippen molar-refractivity contribution in [2.24, 2.45) is 0 Å². The first kappa shape index (κ1) is 10.5. The Labute approximate surface area is 83.9 Å². The molecule has 0 aliphatic carbocycles. The fourth-order valence-electron chi connectivity index (χ4n) is 1.25. The summed E-state index contributed by atoms with van der Waals surface area (Å²) in [6.07, 6.45) is 2.28. The molecule has 0 aliphatic heterocycles. The molecule has 0 radical (unpaired) electrons. The Morgan fingerprint density at radius 1 is 1.43 bits per heavy atom. The molecule has 0 unspecified atom stereocenters. The summed E-state index contributed by atoms with van der Waals surface area (Å²) in [4.78, 5) is 10.8. The van der Waals surface area contributed by atoms with Crippen LogP contribution in [0.4, 0.5) is 0 Å². The van der Waals surface area contributed by atoms with E-state index in [1.165, 1.54) is 0 Å². The van der Waals surface area contributed by atoms with Gasteiger partial charge in [0.25, 0.3) is 0 Å². The van der Waals surface area contributed by atoms with Gasteiger partial charge in [0.05, 0.1) is 0 Å². The summed E-state index contributed by atoms with van der Waals surface area (Å²) in [7, 11) is 0. The van der Waals surface area contributed by atoms with Gasteiger partial charge in [-0.05, 0) is 30.5 Å². The van der Waals surface area contributed by atoms with Crippen molar-refractivity contribution in [1.82, 2.24) is 0 Å². The molecule has 0 saturated heterocycles. The predicted octanol–water partition coefficient (Wildman–Crippen LogP) is 2.87. The molecule has 1 rings (SSSR count). The first-order chi connectivity index (χ1) is 6.65. The number of carboxylic acid groups (broad SMARTS) is 1. The minimum atomic E-state index is -0.837. The third kappa shape index (κ3) is 2.46. The van der Waals surface area contributed by atoms with Gasteiger partial charge in [0.15, 0.2) is 0 Å². The van der Waals surface area contributed by atoms with E-state index >= 15 is 0 Å². The molecule has 0 aliphatic rings. The topological polar surface area (TPSA) is 37.3 Å². The second kappa shape index (κ2) is 4.61. The standard InChI is InChI=1S/C12H14O2/c1-3-10(12(13)14)8-11-7-5-4-6-9(11)2/h4-8H,3H2,1-2H3,(H,13,14). The van der Waals surface area contributed by atoms with Crippen LogP contribution in [-0.2, 0) is 4.79 Å². The van der Waals surface area contributed by atoms with Crippen LogP contribution < -0.4 is 0 Å². The van der Waals surface area contributed by atoms with E-state index in [4.69, 9.17) is 5.11 Å². The molecule has 74 valence electrons. The third-order valence-corrected chi connectivity index (χ3v) is 2.17. The molecule has 1 aromatic carbocycles.